The van der Waals surface area contributed by atoms with Gasteiger partial charge in [-0.05, 0) is 54.1 Å². The van der Waals surface area contributed by atoms with E-state index in [-0.39, 0.29) is 14.1 Å². The van der Waals surface area contributed by atoms with Crippen LogP contribution in [0.2, 0.25) is 0 Å². The van der Waals surface area contributed by atoms with Gasteiger partial charge in [0, 0.05) is 18.8 Å². The summed E-state index contributed by atoms with van der Waals surface area (Å²) in [6.45, 7) is 0.244. The Labute approximate surface area is 140 Å². The van der Waals surface area contributed by atoms with Gasteiger partial charge < -0.3 is 19.8 Å². The van der Waals surface area contributed by atoms with Crippen LogP contribution in [-0.2, 0) is 10.2 Å². The summed E-state index contributed by atoms with van der Waals surface area (Å²) in [5.41, 5.74) is 2.36. The van der Waals surface area contributed by atoms with Crippen molar-refractivity contribution in [2.45, 2.75) is 18.3 Å². The van der Waals surface area contributed by atoms with E-state index in [1.54, 1.807) is 0 Å². The van der Waals surface area contributed by atoms with Gasteiger partial charge >= 0.3 is 0 Å². The summed E-state index contributed by atoms with van der Waals surface area (Å²) in [6, 6.07) is 13.7. The van der Waals surface area contributed by atoms with Gasteiger partial charge in [0.2, 0.25) is 12.7 Å². The molecule has 1 amide bonds. The number of nitrogens with one attached hydrogen (secondary N) is 2. The lowest BCUT2D eigenvalue weighted by Crippen LogP contribution is -2.27. The first-order valence-electron chi connectivity index (χ1n) is 8.03. The van der Waals surface area contributed by atoms with Crippen LogP contribution < -0.4 is 14.8 Å². The van der Waals surface area contributed by atoms with Crippen molar-refractivity contribution in [2.75, 3.05) is 12.1 Å². The molecule has 0 bridgehead atoms. The molecule has 1 saturated carbocycles. The predicted octanol–water partition coefficient (Wildman–Crippen LogP) is 3.81. The number of rotatable bonds is 3. The lowest BCUT2D eigenvalue weighted by atomic mass is 9.94. The van der Waals surface area contributed by atoms with Gasteiger partial charge in [-0.2, -0.15) is 0 Å². The summed E-state index contributed by atoms with van der Waals surface area (Å²) in [5, 5.41) is 4.19. The minimum Gasteiger partial charge on any atom is -0.454 e. The molecule has 1 aromatic heterocycles. The number of carbonyl (C=O) groups excluding carboxylic acids is 1. The van der Waals surface area contributed by atoms with Crippen LogP contribution in [-0.4, -0.2) is 17.7 Å². The predicted molar refractivity (Wildman–Crippen MR) is 92.5 cm³/mol. The molecule has 0 atom stereocenters. The molecule has 2 aromatic carbocycles. The first kappa shape index (κ1) is 13.5. The minimum absolute atomic E-state index is 0. The number of H-pyrrole nitrogens is 1. The molecule has 1 aliphatic carbocycles. The highest BCUT2D eigenvalue weighted by molar-refractivity contribution is 6.02. The average molecular weight is 322 g/mol. The quantitative estimate of drug-likeness (QED) is 0.770. The van der Waals surface area contributed by atoms with Crippen molar-refractivity contribution >= 4 is 22.5 Å². The molecule has 24 heavy (non-hydrogen) atoms. The van der Waals surface area contributed by atoms with Crippen molar-refractivity contribution in [3.05, 3.63) is 54.2 Å². The van der Waals surface area contributed by atoms with Gasteiger partial charge in [0.05, 0.1) is 5.41 Å². The Morgan fingerprint density at radius 2 is 1.96 bits per heavy atom. The highest BCUT2D eigenvalue weighted by Gasteiger charge is 2.51. The highest BCUT2D eigenvalue weighted by Crippen LogP contribution is 2.51. The van der Waals surface area contributed by atoms with Crippen LogP contribution in [0.3, 0.4) is 0 Å². The van der Waals surface area contributed by atoms with Gasteiger partial charge in [-0.15, -0.1) is 0 Å². The van der Waals surface area contributed by atoms with Crippen LogP contribution in [0.4, 0.5) is 5.69 Å². The molecule has 1 aliphatic heterocycles. The zero-order chi connectivity index (χ0) is 16.1. The first-order valence-corrected chi connectivity index (χ1v) is 8.03. The van der Waals surface area contributed by atoms with Crippen LogP contribution in [0.5, 0.6) is 11.5 Å². The molecular formula is C19H18N2O3. The van der Waals surface area contributed by atoms with Crippen LogP contribution in [0, 0.1) is 0 Å². The van der Waals surface area contributed by atoms with E-state index in [1.807, 2.05) is 48.7 Å². The van der Waals surface area contributed by atoms with E-state index in [4.69, 9.17) is 9.47 Å². The number of aromatic nitrogens is 1. The fourth-order valence-corrected chi connectivity index (χ4v) is 3.34. The van der Waals surface area contributed by atoms with Crippen molar-refractivity contribution in [2.24, 2.45) is 0 Å². The Balaban J connectivity index is 0.00000157. The van der Waals surface area contributed by atoms with Crippen LogP contribution >= 0.6 is 0 Å². The molecule has 3 aromatic rings. The Morgan fingerprint density at radius 3 is 2.83 bits per heavy atom. The molecule has 2 aliphatic rings. The van der Waals surface area contributed by atoms with Gasteiger partial charge in [0.25, 0.3) is 0 Å². The number of hydrogen-bond acceptors (Lipinski definition) is 3. The highest BCUT2D eigenvalue weighted by atomic mass is 16.7. The molecule has 2 N–H and O–H groups in total. The fourth-order valence-electron chi connectivity index (χ4n) is 3.34. The van der Waals surface area contributed by atoms with E-state index < -0.39 is 5.41 Å². The summed E-state index contributed by atoms with van der Waals surface area (Å²) >= 11 is 0. The first-order chi connectivity index (χ1) is 11.7. The van der Waals surface area contributed by atoms with Gasteiger partial charge in [-0.25, -0.2) is 0 Å². The number of carbonyl (C=O) groups is 1. The lowest BCUT2D eigenvalue weighted by Gasteiger charge is -2.16. The van der Waals surface area contributed by atoms with Gasteiger partial charge in [0.15, 0.2) is 11.5 Å². The molecule has 0 saturated heterocycles. The summed E-state index contributed by atoms with van der Waals surface area (Å²) in [4.78, 5) is 16.0. The standard InChI is InChI=1S/C19H16N2O3.H2/c22-18(21-14-3-1-12-5-8-20-15(12)10-14)19(6-7-19)13-2-4-16-17(9-13)24-11-23-16;/h1-5,8-10,20H,6-7,11H2,(H,21,22);1H. The Morgan fingerprint density at radius 1 is 1.08 bits per heavy atom. The Bertz CT molecular complexity index is 962. The molecule has 0 radical (unpaired) electrons. The van der Waals surface area contributed by atoms with Crippen molar-refractivity contribution in [1.82, 2.24) is 4.98 Å². The van der Waals surface area contributed by atoms with Crippen molar-refractivity contribution in [3.8, 4) is 11.5 Å². The summed E-state index contributed by atoms with van der Waals surface area (Å²) in [6.07, 6.45) is 3.59. The number of hydrogen-bond donors (Lipinski definition) is 2. The number of aromatic amines is 1. The fraction of sp³-hybridized carbons (Fsp3) is 0.211. The van der Waals surface area contributed by atoms with E-state index in [0.29, 0.717) is 0 Å². The van der Waals surface area contributed by atoms with E-state index >= 15 is 0 Å². The molecule has 5 rings (SSSR count). The van der Waals surface area contributed by atoms with Crippen LogP contribution in [0.1, 0.15) is 19.8 Å². The van der Waals surface area contributed by atoms with Crippen molar-refractivity contribution in [3.63, 3.8) is 0 Å². The molecule has 0 spiro atoms. The van der Waals surface area contributed by atoms with E-state index in [0.717, 1.165) is 46.5 Å². The molecule has 122 valence electrons. The molecule has 5 nitrogen and oxygen atoms in total. The monoisotopic (exact) mass is 322 g/mol. The van der Waals surface area contributed by atoms with E-state index in [9.17, 15) is 4.79 Å². The molecule has 1 fully saturated rings. The van der Waals surface area contributed by atoms with Crippen LogP contribution in [0.25, 0.3) is 10.9 Å². The number of benzene rings is 2. The SMILES string of the molecule is O=C(Nc1ccc2cc[nH]c2c1)C1(c2ccc3c(c2)OCO3)CC1.[HH]. The van der Waals surface area contributed by atoms with Crippen LogP contribution in [0.15, 0.2) is 48.7 Å². The molecule has 0 unspecified atom stereocenters. The number of amides is 1. The second-order valence-corrected chi connectivity index (χ2v) is 6.38. The third-order valence-electron chi connectivity index (χ3n) is 4.92. The Hall–Kier alpha value is -2.95. The number of anilines is 1. The molecule has 2 heterocycles. The van der Waals surface area contributed by atoms with Crippen molar-refractivity contribution < 1.29 is 15.7 Å². The van der Waals surface area contributed by atoms with Gasteiger partial charge in [-0.1, -0.05) is 12.1 Å². The zero-order valence-electron chi connectivity index (χ0n) is 13.0. The number of fused-ring (bicyclic) bond motifs is 2. The van der Waals surface area contributed by atoms with Crippen molar-refractivity contribution in [1.29, 1.82) is 0 Å². The maximum Gasteiger partial charge on any atom is 0.235 e. The summed E-state index contributed by atoms with van der Waals surface area (Å²) in [7, 11) is 0. The average Bonchev–Trinajstić information content (AvgIpc) is 3.05. The van der Waals surface area contributed by atoms with Gasteiger partial charge in [0.1, 0.15) is 0 Å². The second-order valence-electron chi connectivity index (χ2n) is 6.38. The van der Waals surface area contributed by atoms with E-state index in [1.165, 1.54) is 0 Å². The normalized spacial score (nSPS) is 17.0. The van der Waals surface area contributed by atoms with Gasteiger partial charge in [-0.3, -0.25) is 4.79 Å². The third-order valence-corrected chi connectivity index (χ3v) is 4.92. The minimum atomic E-state index is -0.453. The third kappa shape index (κ3) is 1.98. The zero-order valence-corrected chi connectivity index (χ0v) is 13.0. The topological polar surface area (TPSA) is 63.4 Å². The largest absolute Gasteiger partial charge is 0.454 e. The maximum atomic E-state index is 12.9. The Kier molecular flexibility index (Phi) is 2.68. The lowest BCUT2D eigenvalue weighted by molar-refractivity contribution is -0.118. The molecule has 5 heteroatoms. The molecular weight excluding hydrogens is 304 g/mol. The smallest absolute Gasteiger partial charge is 0.235 e. The summed E-state index contributed by atoms with van der Waals surface area (Å²) < 4.78 is 10.8. The second kappa shape index (κ2) is 4.77. The summed E-state index contributed by atoms with van der Waals surface area (Å²) in [5.74, 6) is 1.50. The van der Waals surface area contributed by atoms with E-state index in [2.05, 4.69) is 10.3 Å². The number of ether oxygens (including phenoxy) is 2. The maximum absolute atomic E-state index is 12.9.